The molecule has 0 aliphatic carbocycles. The van der Waals surface area contributed by atoms with E-state index in [0.29, 0.717) is 0 Å². The molecule has 0 amide bonds. The molecule has 0 bridgehead atoms. The van der Waals surface area contributed by atoms with Crippen LogP contribution in [-0.2, 0) is 0 Å². The summed E-state index contributed by atoms with van der Waals surface area (Å²) < 4.78 is 0. The van der Waals surface area contributed by atoms with Gasteiger partial charge in [-0.05, 0) is 36.2 Å². The third kappa shape index (κ3) is 4.22. The van der Waals surface area contributed by atoms with Crippen molar-refractivity contribution in [2.24, 2.45) is 9.98 Å². The molecule has 6 heteroatoms. The highest BCUT2D eigenvalue weighted by molar-refractivity contribution is 6.12. The lowest BCUT2D eigenvalue weighted by Gasteiger charge is -2.46. The van der Waals surface area contributed by atoms with Crippen LogP contribution in [0.5, 0.6) is 0 Å². The zero-order valence-electron chi connectivity index (χ0n) is 18.3. The zero-order valence-corrected chi connectivity index (χ0v) is 18.3. The van der Waals surface area contributed by atoms with Gasteiger partial charge in [0, 0.05) is 17.9 Å². The Labute approximate surface area is 189 Å². The van der Waals surface area contributed by atoms with Crippen molar-refractivity contribution in [3.05, 3.63) is 96.6 Å². The van der Waals surface area contributed by atoms with Crippen molar-refractivity contribution < 1.29 is 0 Å². The number of fused-ring (bicyclic) bond motifs is 1. The van der Waals surface area contributed by atoms with Gasteiger partial charge in [-0.1, -0.05) is 73.7 Å². The van der Waals surface area contributed by atoms with Gasteiger partial charge in [0.15, 0.2) is 6.17 Å². The third-order valence-corrected chi connectivity index (χ3v) is 5.64. The molecule has 0 saturated carbocycles. The molecule has 1 N–H and O–H groups in total. The van der Waals surface area contributed by atoms with Crippen molar-refractivity contribution in [1.29, 1.82) is 0 Å². The molecule has 6 nitrogen and oxygen atoms in total. The smallest absolute Gasteiger partial charge is 0.212 e. The number of benzene rings is 3. The van der Waals surface area contributed by atoms with E-state index in [0.717, 1.165) is 55.2 Å². The van der Waals surface area contributed by atoms with E-state index in [1.165, 1.54) is 0 Å². The highest BCUT2D eigenvalue weighted by Crippen LogP contribution is 2.29. The number of rotatable bonds is 5. The van der Waals surface area contributed by atoms with Crippen LogP contribution in [-0.4, -0.2) is 41.6 Å². The minimum absolute atomic E-state index is 0.294. The molecule has 1 fully saturated rings. The Morgan fingerprint density at radius 2 is 1.41 bits per heavy atom. The van der Waals surface area contributed by atoms with E-state index in [2.05, 4.69) is 75.5 Å². The fourth-order valence-corrected chi connectivity index (χ4v) is 4.13. The summed E-state index contributed by atoms with van der Waals surface area (Å²) in [5, 5.41) is 3.56. The summed E-state index contributed by atoms with van der Waals surface area (Å²) in [6.07, 6.45) is 0.798. The third-order valence-electron chi connectivity index (χ3n) is 5.64. The second-order valence-corrected chi connectivity index (χ2v) is 8.03. The maximum Gasteiger partial charge on any atom is 0.212 e. The molecule has 3 aromatic rings. The van der Waals surface area contributed by atoms with Crippen molar-refractivity contribution in [2.45, 2.75) is 19.5 Å². The second kappa shape index (κ2) is 9.24. The lowest BCUT2D eigenvalue weighted by atomic mass is 10.2. The average molecular weight is 425 g/mol. The largest absolute Gasteiger partial charge is 0.326 e. The van der Waals surface area contributed by atoms with Crippen LogP contribution in [0.1, 0.15) is 25.1 Å². The summed E-state index contributed by atoms with van der Waals surface area (Å²) in [7, 11) is 0. The monoisotopic (exact) mass is 424 g/mol. The highest BCUT2D eigenvalue weighted by Gasteiger charge is 2.36. The van der Waals surface area contributed by atoms with Crippen LogP contribution < -0.4 is 10.2 Å². The Bertz CT molecular complexity index is 1080. The highest BCUT2D eigenvalue weighted by atomic mass is 15.6. The van der Waals surface area contributed by atoms with E-state index in [-0.39, 0.29) is 6.17 Å². The molecule has 5 rings (SSSR count). The number of para-hydroxylation sites is 2. The van der Waals surface area contributed by atoms with Crippen LogP contribution >= 0.6 is 0 Å². The number of hydrogen-bond donors (Lipinski definition) is 1. The van der Waals surface area contributed by atoms with Crippen molar-refractivity contribution in [2.75, 3.05) is 30.1 Å². The van der Waals surface area contributed by atoms with E-state index in [1.807, 2.05) is 42.5 Å². The molecule has 0 unspecified atom stereocenters. The number of aliphatic imine (C=N–C) groups is 2. The Morgan fingerprint density at radius 1 is 0.781 bits per heavy atom. The van der Waals surface area contributed by atoms with E-state index < -0.39 is 0 Å². The lowest BCUT2D eigenvalue weighted by Crippen LogP contribution is -2.63. The first-order valence-electron chi connectivity index (χ1n) is 11.2. The molecule has 2 heterocycles. The summed E-state index contributed by atoms with van der Waals surface area (Å²) in [6, 6.07) is 31.0. The number of anilines is 2. The zero-order chi connectivity index (χ0) is 21.8. The maximum atomic E-state index is 5.13. The topological polar surface area (TPSA) is 46.5 Å². The molecule has 2 aliphatic rings. The van der Waals surface area contributed by atoms with Gasteiger partial charge in [-0.3, -0.25) is 14.7 Å². The standard InChI is InChI=1S/C26H28N6/c1-2-18-30-19-31(23-16-10-5-11-17-23)26-29-24(21-12-6-3-7-13-21)28-25(32(26)20-30)27-22-14-8-4-9-15-22/h3-17,24H,2,18-20H2,1H3,(H,27,28)/t24-/m1/s1. The maximum absolute atomic E-state index is 5.13. The van der Waals surface area contributed by atoms with E-state index in [4.69, 9.17) is 9.98 Å². The van der Waals surface area contributed by atoms with Crippen LogP contribution in [0.15, 0.2) is 101 Å². The minimum Gasteiger partial charge on any atom is -0.326 e. The predicted molar refractivity (Wildman–Crippen MR) is 132 cm³/mol. The molecule has 1 atom stereocenters. The SMILES string of the molecule is CCCN1CN2C(Nc3ccccc3)=N[C@@H](c3ccccc3)N=C2N(c2ccccc2)C1. The molecular weight excluding hydrogens is 396 g/mol. The van der Waals surface area contributed by atoms with Crippen molar-refractivity contribution in [1.82, 2.24) is 9.80 Å². The molecule has 32 heavy (non-hydrogen) atoms. The summed E-state index contributed by atoms with van der Waals surface area (Å²) in [5.74, 6) is 1.74. The van der Waals surface area contributed by atoms with Gasteiger partial charge in [-0.2, -0.15) is 0 Å². The average Bonchev–Trinajstić information content (AvgIpc) is 2.86. The predicted octanol–water partition coefficient (Wildman–Crippen LogP) is 4.97. The number of hydrogen-bond acceptors (Lipinski definition) is 6. The van der Waals surface area contributed by atoms with Crippen molar-refractivity contribution in [3.8, 4) is 0 Å². The molecule has 162 valence electrons. The molecule has 0 aromatic heterocycles. The first-order valence-corrected chi connectivity index (χ1v) is 11.2. The number of guanidine groups is 2. The molecule has 0 spiro atoms. The van der Waals surface area contributed by atoms with Gasteiger partial charge in [0.05, 0.1) is 13.3 Å². The van der Waals surface area contributed by atoms with Gasteiger partial charge in [-0.15, -0.1) is 0 Å². The van der Waals surface area contributed by atoms with Crippen molar-refractivity contribution >= 4 is 23.3 Å². The summed E-state index contributed by atoms with van der Waals surface area (Å²) >= 11 is 0. The Hall–Kier alpha value is -3.64. The molecular formula is C26H28N6. The van der Waals surface area contributed by atoms with E-state index in [1.54, 1.807) is 0 Å². The Morgan fingerprint density at radius 3 is 2.09 bits per heavy atom. The number of nitrogens with zero attached hydrogens (tertiary/aromatic N) is 5. The van der Waals surface area contributed by atoms with Crippen molar-refractivity contribution in [3.63, 3.8) is 0 Å². The Kier molecular flexibility index (Phi) is 5.85. The number of nitrogens with one attached hydrogen (secondary N) is 1. The quantitative estimate of drug-likeness (QED) is 0.628. The van der Waals surface area contributed by atoms with E-state index >= 15 is 0 Å². The van der Waals surface area contributed by atoms with Gasteiger partial charge in [0.25, 0.3) is 0 Å². The molecule has 1 saturated heterocycles. The first-order chi connectivity index (χ1) is 15.8. The minimum atomic E-state index is -0.294. The molecule has 0 radical (unpaired) electrons. The van der Waals surface area contributed by atoms with E-state index in [9.17, 15) is 0 Å². The summed E-state index contributed by atoms with van der Waals surface area (Å²) in [6.45, 7) is 4.77. The van der Waals surface area contributed by atoms with Crippen LogP contribution in [0.2, 0.25) is 0 Å². The van der Waals surface area contributed by atoms with Gasteiger partial charge in [-0.25, -0.2) is 9.98 Å². The van der Waals surface area contributed by atoms with Crippen LogP contribution in [0.25, 0.3) is 0 Å². The fraction of sp³-hybridized carbons (Fsp3) is 0.231. The lowest BCUT2D eigenvalue weighted by molar-refractivity contribution is 0.203. The van der Waals surface area contributed by atoms with Crippen LogP contribution in [0.4, 0.5) is 11.4 Å². The Balaban J connectivity index is 1.57. The van der Waals surface area contributed by atoms with Crippen LogP contribution in [0, 0.1) is 0 Å². The van der Waals surface area contributed by atoms with Gasteiger partial charge in [0.2, 0.25) is 11.9 Å². The first kappa shape index (κ1) is 20.3. The molecule has 3 aromatic carbocycles. The normalized spacial score (nSPS) is 18.6. The summed E-state index contributed by atoms with van der Waals surface area (Å²) in [5.41, 5.74) is 3.22. The van der Waals surface area contributed by atoms with Gasteiger partial charge in [0.1, 0.15) is 0 Å². The van der Waals surface area contributed by atoms with Crippen LogP contribution in [0.3, 0.4) is 0 Å². The molecule has 2 aliphatic heterocycles. The second-order valence-electron chi connectivity index (χ2n) is 8.03. The summed E-state index contributed by atoms with van der Waals surface area (Å²) in [4.78, 5) is 17.1. The van der Waals surface area contributed by atoms with Gasteiger partial charge >= 0.3 is 0 Å². The van der Waals surface area contributed by atoms with Gasteiger partial charge < -0.3 is 5.32 Å². The fourth-order valence-electron chi connectivity index (χ4n) is 4.13.